The van der Waals surface area contributed by atoms with E-state index in [1.807, 2.05) is 6.92 Å². The molecule has 120 valence electrons. The van der Waals surface area contributed by atoms with E-state index in [-0.39, 0.29) is 4.90 Å². The zero-order valence-electron chi connectivity index (χ0n) is 13.1. The molecule has 1 rings (SSSR count). The van der Waals surface area contributed by atoms with Crippen molar-refractivity contribution in [1.29, 1.82) is 0 Å². The lowest BCUT2D eigenvalue weighted by molar-refractivity contribution is 0.394. The van der Waals surface area contributed by atoms with Crippen molar-refractivity contribution in [3.63, 3.8) is 0 Å². The summed E-state index contributed by atoms with van der Waals surface area (Å²) in [6, 6.07) is 3.11. The van der Waals surface area contributed by atoms with Gasteiger partial charge in [-0.15, -0.1) is 0 Å². The van der Waals surface area contributed by atoms with Crippen molar-refractivity contribution < 1.29 is 13.2 Å². The molecule has 0 aliphatic rings. The second kappa shape index (κ2) is 6.96. The number of sulfonamides is 1. The van der Waals surface area contributed by atoms with E-state index in [0.717, 1.165) is 6.54 Å². The van der Waals surface area contributed by atoms with Gasteiger partial charge in [0.2, 0.25) is 10.0 Å². The van der Waals surface area contributed by atoms with E-state index in [1.165, 1.54) is 13.2 Å². The number of ether oxygens (including phenoxy) is 1. The fraction of sp³-hybridized carbons (Fsp3) is 0.571. The first-order chi connectivity index (χ1) is 9.60. The first-order valence-corrected chi connectivity index (χ1v) is 8.58. The van der Waals surface area contributed by atoms with Crippen LogP contribution < -0.4 is 14.8 Å². The topological polar surface area (TPSA) is 67.4 Å². The number of benzene rings is 1. The van der Waals surface area contributed by atoms with E-state index >= 15 is 0 Å². The molecule has 0 amide bonds. The molecular formula is C14H23ClN2O3S. The van der Waals surface area contributed by atoms with E-state index in [9.17, 15) is 8.42 Å². The molecule has 0 saturated carbocycles. The predicted molar refractivity (Wildman–Crippen MR) is 85.5 cm³/mol. The molecule has 0 radical (unpaired) electrons. The molecule has 0 fully saturated rings. The minimum absolute atomic E-state index is 0.0559. The van der Waals surface area contributed by atoms with Gasteiger partial charge in [0.1, 0.15) is 10.6 Å². The molecule has 1 aromatic rings. The Morgan fingerprint density at radius 3 is 2.38 bits per heavy atom. The monoisotopic (exact) mass is 334 g/mol. The molecule has 0 aliphatic heterocycles. The van der Waals surface area contributed by atoms with Crippen LogP contribution in [-0.2, 0) is 16.6 Å². The molecule has 1 aromatic carbocycles. The third-order valence-corrected chi connectivity index (χ3v) is 4.58. The molecular weight excluding hydrogens is 312 g/mol. The summed E-state index contributed by atoms with van der Waals surface area (Å²) in [6.45, 7) is 8.55. The van der Waals surface area contributed by atoms with Crippen LogP contribution in [0.2, 0.25) is 5.02 Å². The quantitative estimate of drug-likeness (QED) is 0.839. The van der Waals surface area contributed by atoms with Crippen LogP contribution in [0.3, 0.4) is 0 Å². The van der Waals surface area contributed by atoms with Gasteiger partial charge in [-0.1, -0.05) is 18.5 Å². The lowest BCUT2D eigenvalue weighted by Gasteiger charge is -2.22. The zero-order valence-corrected chi connectivity index (χ0v) is 14.7. The maximum atomic E-state index is 12.5. The fourth-order valence-electron chi connectivity index (χ4n) is 1.90. The van der Waals surface area contributed by atoms with Gasteiger partial charge in [0.25, 0.3) is 0 Å². The predicted octanol–water partition coefficient (Wildman–Crippen LogP) is 2.53. The molecule has 0 saturated heterocycles. The van der Waals surface area contributed by atoms with Crippen LogP contribution in [-0.4, -0.2) is 27.6 Å². The van der Waals surface area contributed by atoms with Crippen LogP contribution in [0.1, 0.15) is 33.3 Å². The molecule has 0 spiro atoms. The Balaban J connectivity index is 3.38. The lowest BCUT2D eigenvalue weighted by atomic mass is 10.1. The molecule has 5 nitrogen and oxygen atoms in total. The van der Waals surface area contributed by atoms with Gasteiger partial charge in [0, 0.05) is 22.7 Å². The van der Waals surface area contributed by atoms with E-state index in [0.29, 0.717) is 22.9 Å². The molecule has 21 heavy (non-hydrogen) atoms. The van der Waals surface area contributed by atoms with Crippen molar-refractivity contribution >= 4 is 21.6 Å². The summed E-state index contributed by atoms with van der Waals surface area (Å²) in [4.78, 5) is 0.0559. The highest BCUT2D eigenvalue weighted by Crippen LogP contribution is 2.32. The third kappa shape index (κ3) is 5.14. The van der Waals surface area contributed by atoms with Crippen LogP contribution >= 0.6 is 11.6 Å². The molecule has 7 heteroatoms. The average molecular weight is 335 g/mol. The summed E-state index contributed by atoms with van der Waals surface area (Å²) < 4.78 is 33.0. The van der Waals surface area contributed by atoms with Crippen molar-refractivity contribution in [3.05, 3.63) is 22.7 Å². The van der Waals surface area contributed by atoms with Crippen LogP contribution in [0.5, 0.6) is 5.75 Å². The Hall–Kier alpha value is -0.820. The minimum Gasteiger partial charge on any atom is -0.495 e. The summed E-state index contributed by atoms with van der Waals surface area (Å²) in [6.07, 6.45) is 0. The molecule has 0 bridgehead atoms. The van der Waals surface area contributed by atoms with E-state index in [4.69, 9.17) is 16.3 Å². The Labute approximate surface area is 132 Å². The Morgan fingerprint density at radius 1 is 1.29 bits per heavy atom. The molecule has 0 atom stereocenters. The van der Waals surface area contributed by atoms with Crippen LogP contribution in [0.15, 0.2) is 17.0 Å². The van der Waals surface area contributed by atoms with Gasteiger partial charge >= 0.3 is 0 Å². The molecule has 2 N–H and O–H groups in total. The van der Waals surface area contributed by atoms with E-state index < -0.39 is 15.6 Å². The van der Waals surface area contributed by atoms with Crippen LogP contribution in [0, 0.1) is 0 Å². The number of nitrogens with one attached hydrogen (secondary N) is 2. The smallest absolute Gasteiger partial charge is 0.244 e. The van der Waals surface area contributed by atoms with E-state index in [2.05, 4.69) is 10.0 Å². The van der Waals surface area contributed by atoms with Crippen LogP contribution in [0.25, 0.3) is 0 Å². The normalized spacial score (nSPS) is 12.5. The highest BCUT2D eigenvalue weighted by atomic mass is 35.5. The molecule has 0 aromatic heterocycles. The number of halogens is 1. The SMILES string of the molecule is CCNCc1cc(Cl)cc(S(=O)(=O)NC(C)(C)C)c1OC. The number of methoxy groups -OCH3 is 1. The van der Waals surface area contributed by atoms with Gasteiger partial charge in [-0.2, -0.15) is 0 Å². The Kier molecular flexibility index (Phi) is 6.04. The van der Waals surface area contributed by atoms with Crippen molar-refractivity contribution in [2.24, 2.45) is 0 Å². The summed E-state index contributed by atoms with van der Waals surface area (Å²) in [7, 11) is -2.26. The molecule has 0 aliphatic carbocycles. The zero-order chi connectivity index (χ0) is 16.3. The van der Waals surface area contributed by atoms with Crippen molar-refractivity contribution in [2.45, 2.75) is 44.7 Å². The van der Waals surface area contributed by atoms with Gasteiger partial charge in [0.05, 0.1) is 7.11 Å². The first kappa shape index (κ1) is 18.2. The number of hydrogen-bond acceptors (Lipinski definition) is 4. The molecule has 0 heterocycles. The maximum Gasteiger partial charge on any atom is 0.244 e. The third-order valence-electron chi connectivity index (χ3n) is 2.60. The fourth-order valence-corrected chi connectivity index (χ4v) is 3.87. The summed E-state index contributed by atoms with van der Waals surface area (Å²) >= 11 is 6.06. The van der Waals surface area contributed by atoms with Crippen LogP contribution in [0.4, 0.5) is 0 Å². The summed E-state index contributed by atoms with van der Waals surface area (Å²) in [5.74, 6) is 0.317. The van der Waals surface area contributed by atoms with Crippen molar-refractivity contribution in [2.75, 3.05) is 13.7 Å². The standard InChI is InChI=1S/C14H23ClN2O3S/c1-6-16-9-10-7-11(15)8-12(13(10)20-5)21(18,19)17-14(2,3)4/h7-8,16-17H,6,9H2,1-5H3. The highest BCUT2D eigenvalue weighted by molar-refractivity contribution is 7.89. The average Bonchev–Trinajstić information content (AvgIpc) is 2.32. The second-order valence-electron chi connectivity index (χ2n) is 5.73. The first-order valence-electron chi connectivity index (χ1n) is 6.72. The Morgan fingerprint density at radius 2 is 1.90 bits per heavy atom. The van der Waals surface area contributed by atoms with Gasteiger partial charge < -0.3 is 10.1 Å². The Bertz CT molecular complexity index is 595. The summed E-state index contributed by atoms with van der Waals surface area (Å²) in [5.41, 5.74) is 0.120. The van der Waals surface area contributed by atoms with Gasteiger partial charge in [-0.3, -0.25) is 0 Å². The van der Waals surface area contributed by atoms with Gasteiger partial charge in [0.15, 0.2) is 0 Å². The molecule has 0 unspecified atom stereocenters. The highest BCUT2D eigenvalue weighted by Gasteiger charge is 2.27. The minimum atomic E-state index is -3.72. The van der Waals surface area contributed by atoms with Crippen molar-refractivity contribution in [3.8, 4) is 5.75 Å². The number of hydrogen-bond donors (Lipinski definition) is 2. The summed E-state index contributed by atoms with van der Waals surface area (Å²) in [5, 5.41) is 3.50. The van der Waals surface area contributed by atoms with Gasteiger partial charge in [-0.05, 0) is 39.4 Å². The maximum absolute atomic E-state index is 12.5. The van der Waals surface area contributed by atoms with Crippen molar-refractivity contribution in [1.82, 2.24) is 10.0 Å². The number of rotatable bonds is 6. The largest absolute Gasteiger partial charge is 0.495 e. The second-order valence-corrected chi connectivity index (χ2v) is 7.82. The van der Waals surface area contributed by atoms with E-state index in [1.54, 1.807) is 26.8 Å². The van der Waals surface area contributed by atoms with Gasteiger partial charge in [-0.25, -0.2) is 13.1 Å². The lowest BCUT2D eigenvalue weighted by Crippen LogP contribution is -2.40.